The van der Waals surface area contributed by atoms with E-state index in [1.54, 1.807) is 5.70 Å². The Kier molecular flexibility index (Phi) is 6.83. The summed E-state index contributed by atoms with van der Waals surface area (Å²) in [6, 6.07) is 0. The average molecular weight is 249 g/mol. The Labute approximate surface area is 91.9 Å². The van der Waals surface area contributed by atoms with E-state index in [9.17, 15) is 0 Å². The standard InChI is InChI=1S/C8H20O3Si3/c1-7-9-14(8-2,10-12(3)4)11-13(5)6/h8H,2,7H2,1,3-6H3. The number of hydrogen-bond acceptors (Lipinski definition) is 3. The molecular weight excluding hydrogens is 228 g/mol. The summed E-state index contributed by atoms with van der Waals surface area (Å²) in [5, 5.41) is 0. The van der Waals surface area contributed by atoms with Gasteiger partial charge in [0.05, 0.1) is 0 Å². The molecule has 0 saturated heterocycles. The summed E-state index contributed by atoms with van der Waals surface area (Å²) in [7, 11) is -4.17. The van der Waals surface area contributed by atoms with Crippen molar-refractivity contribution in [2.24, 2.45) is 0 Å². The maximum absolute atomic E-state index is 5.84. The van der Waals surface area contributed by atoms with E-state index >= 15 is 0 Å². The fraction of sp³-hybridized carbons (Fsp3) is 0.750. The first kappa shape index (κ1) is 14.3. The van der Waals surface area contributed by atoms with Crippen molar-refractivity contribution in [1.29, 1.82) is 0 Å². The summed E-state index contributed by atoms with van der Waals surface area (Å²) in [6.07, 6.45) is 0. The number of hydrogen-bond donors (Lipinski definition) is 0. The van der Waals surface area contributed by atoms with Gasteiger partial charge in [-0.2, -0.15) is 0 Å². The van der Waals surface area contributed by atoms with E-state index in [0.29, 0.717) is 6.61 Å². The first-order valence-corrected chi connectivity index (χ1v) is 11.3. The summed E-state index contributed by atoms with van der Waals surface area (Å²) in [4.78, 5) is 0. The van der Waals surface area contributed by atoms with Crippen LogP contribution < -0.4 is 0 Å². The lowest BCUT2D eigenvalue weighted by Crippen LogP contribution is -2.49. The van der Waals surface area contributed by atoms with Crippen molar-refractivity contribution in [2.45, 2.75) is 33.1 Å². The molecule has 3 nitrogen and oxygen atoms in total. The molecule has 0 aromatic rings. The van der Waals surface area contributed by atoms with Gasteiger partial charge in [0, 0.05) is 6.61 Å². The highest BCUT2D eigenvalue weighted by Gasteiger charge is 2.39. The van der Waals surface area contributed by atoms with Crippen molar-refractivity contribution in [3.63, 3.8) is 0 Å². The van der Waals surface area contributed by atoms with Crippen LogP contribution in [0.2, 0.25) is 26.2 Å². The quantitative estimate of drug-likeness (QED) is 0.647. The van der Waals surface area contributed by atoms with Gasteiger partial charge in [-0.25, -0.2) is 0 Å². The zero-order chi connectivity index (χ0) is 11.2. The van der Waals surface area contributed by atoms with Crippen LogP contribution in [0.3, 0.4) is 0 Å². The summed E-state index contributed by atoms with van der Waals surface area (Å²) in [5.41, 5.74) is 1.74. The molecule has 0 amide bonds. The van der Waals surface area contributed by atoms with E-state index in [2.05, 4.69) is 32.8 Å². The van der Waals surface area contributed by atoms with Crippen LogP contribution >= 0.6 is 0 Å². The van der Waals surface area contributed by atoms with Gasteiger partial charge in [0.1, 0.15) is 0 Å². The molecule has 0 saturated carbocycles. The Hall–Kier alpha value is 0.271. The molecule has 2 radical (unpaired) electrons. The highest BCUT2D eigenvalue weighted by atomic mass is 28.5. The van der Waals surface area contributed by atoms with E-state index < -0.39 is 26.9 Å². The molecule has 0 aromatic carbocycles. The lowest BCUT2D eigenvalue weighted by Gasteiger charge is -2.29. The van der Waals surface area contributed by atoms with E-state index in [0.717, 1.165) is 0 Å². The van der Waals surface area contributed by atoms with Gasteiger partial charge in [-0.3, -0.25) is 0 Å². The molecule has 0 bridgehead atoms. The second-order valence-electron chi connectivity index (χ2n) is 3.26. The first-order chi connectivity index (χ1) is 6.45. The topological polar surface area (TPSA) is 27.7 Å². The van der Waals surface area contributed by atoms with Crippen LogP contribution in [-0.2, 0) is 12.7 Å². The molecule has 0 aliphatic carbocycles. The minimum Gasteiger partial charge on any atom is -0.413 e. The van der Waals surface area contributed by atoms with Crippen molar-refractivity contribution in [2.75, 3.05) is 6.61 Å². The third kappa shape index (κ3) is 5.23. The normalized spacial score (nSPS) is 12.5. The maximum Gasteiger partial charge on any atom is 0.507 e. The van der Waals surface area contributed by atoms with E-state index in [-0.39, 0.29) is 0 Å². The summed E-state index contributed by atoms with van der Waals surface area (Å²) < 4.78 is 17.3. The molecule has 0 unspecified atom stereocenters. The van der Waals surface area contributed by atoms with Crippen LogP contribution in [0.1, 0.15) is 6.92 Å². The lowest BCUT2D eigenvalue weighted by molar-refractivity contribution is 0.190. The van der Waals surface area contributed by atoms with Crippen LogP contribution in [0.25, 0.3) is 0 Å². The van der Waals surface area contributed by atoms with Gasteiger partial charge < -0.3 is 12.7 Å². The van der Waals surface area contributed by atoms with Gasteiger partial charge in [0.2, 0.25) is 0 Å². The van der Waals surface area contributed by atoms with Crippen LogP contribution in [0.4, 0.5) is 0 Å². The number of rotatable bonds is 7. The average Bonchev–Trinajstić information content (AvgIpc) is 2.02. The Morgan fingerprint density at radius 1 is 1.14 bits per heavy atom. The van der Waals surface area contributed by atoms with Crippen LogP contribution in [0.15, 0.2) is 12.3 Å². The van der Waals surface area contributed by atoms with Crippen LogP contribution in [0.5, 0.6) is 0 Å². The van der Waals surface area contributed by atoms with Crippen molar-refractivity contribution < 1.29 is 12.7 Å². The third-order valence-corrected chi connectivity index (χ3v) is 8.02. The monoisotopic (exact) mass is 248 g/mol. The molecule has 0 atom stereocenters. The minimum atomic E-state index is -2.54. The van der Waals surface area contributed by atoms with E-state index in [1.165, 1.54) is 0 Å². The van der Waals surface area contributed by atoms with Crippen LogP contribution in [0, 0.1) is 0 Å². The summed E-state index contributed by atoms with van der Waals surface area (Å²) in [5.74, 6) is 0. The van der Waals surface area contributed by atoms with Gasteiger partial charge in [-0.15, -0.1) is 0 Å². The Balaban J connectivity index is 4.50. The van der Waals surface area contributed by atoms with E-state index in [4.69, 9.17) is 12.7 Å². The van der Waals surface area contributed by atoms with Gasteiger partial charge >= 0.3 is 8.80 Å². The van der Waals surface area contributed by atoms with Crippen molar-refractivity contribution in [1.82, 2.24) is 0 Å². The molecule has 0 aromatic heterocycles. The highest BCUT2D eigenvalue weighted by Crippen LogP contribution is 2.14. The minimum absolute atomic E-state index is 0.614. The smallest absolute Gasteiger partial charge is 0.413 e. The Morgan fingerprint density at radius 3 is 1.79 bits per heavy atom. The van der Waals surface area contributed by atoms with Crippen molar-refractivity contribution in [3.8, 4) is 0 Å². The van der Waals surface area contributed by atoms with Gasteiger partial charge in [0.15, 0.2) is 18.1 Å². The van der Waals surface area contributed by atoms with E-state index in [1.807, 2.05) is 6.92 Å². The molecule has 0 fully saturated rings. The van der Waals surface area contributed by atoms with Gasteiger partial charge in [-0.05, 0) is 38.8 Å². The highest BCUT2D eigenvalue weighted by molar-refractivity contribution is 6.79. The summed E-state index contributed by atoms with van der Waals surface area (Å²) in [6.45, 7) is 14.7. The molecule has 0 rings (SSSR count). The fourth-order valence-corrected chi connectivity index (χ4v) is 7.74. The molecular formula is C8H20O3Si3. The fourth-order valence-electron chi connectivity index (χ4n) is 0.992. The molecule has 0 aliphatic rings. The van der Waals surface area contributed by atoms with Gasteiger partial charge in [-0.1, -0.05) is 6.58 Å². The molecule has 0 heterocycles. The zero-order valence-corrected chi connectivity index (χ0v) is 12.7. The second kappa shape index (κ2) is 6.70. The second-order valence-corrected chi connectivity index (χ2v) is 10.4. The lowest BCUT2D eigenvalue weighted by atomic mass is 10.9. The molecule has 14 heavy (non-hydrogen) atoms. The molecule has 0 aliphatic heterocycles. The zero-order valence-electron chi connectivity index (χ0n) is 9.72. The molecule has 0 N–H and O–H groups in total. The Bertz CT molecular complexity index is 163. The maximum atomic E-state index is 5.84. The predicted octanol–water partition coefficient (Wildman–Crippen LogP) is 2.22. The largest absolute Gasteiger partial charge is 0.507 e. The molecule has 6 heteroatoms. The summed E-state index contributed by atoms with van der Waals surface area (Å²) >= 11 is 0. The van der Waals surface area contributed by atoms with Crippen molar-refractivity contribution >= 4 is 26.9 Å². The molecule has 0 spiro atoms. The van der Waals surface area contributed by atoms with Crippen molar-refractivity contribution in [3.05, 3.63) is 12.3 Å². The SMILES string of the molecule is C=C[Si](OCC)(O[Si](C)C)O[Si](C)C. The van der Waals surface area contributed by atoms with Gasteiger partial charge in [0.25, 0.3) is 0 Å². The molecule has 82 valence electrons. The van der Waals surface area contributed by atoms with Crippen LogP contribution in [-0.4, -0.2) is 33.5 Å². The Morgan fingerprint density at radius 2 is 1.57 bits per heavy atom. The third-order valence-electron chi connectivity index (χ3n) is 1.29. The predicted molar refractivity (Wildman–Crippen MR) is 64.7 cm³/mol. The first-order valence-electron chi connectivity index (χ1n) is 4.71.